The van der Waals surface area contributed by atoms with E-state index in [9.17, 15) is 4.79 Å². The average Bonchev–Trinajstić information content (AvgIpc) is 2.37. The van der Waals surface area contributed by atoms with Gasteiger partial charge in [-0.3, -0.25) is 9.78 Å². The molecule has 19 heavy (non-hydrogen) atoms. The van der Waals surface area contributed by atoms with Gasteiger partial charge in [0.1, 0.15) is 5.69 Å². The number of nitrogens with one attached hydrogen (secondary N) is 1. The van der Waals surface area contributed by atoms with E-state index >= 15 is 0 Å². The summed E-state index contributed by atoms with van der Waals surface area (Å²) in [5.74, 6) is -0.312. The molecule has 0 saturated heterocycles. The second kappa shape index (κ2) is 6.24. The number of carbonyl (C=O) groups is 1. The first-order valence-corrected chi connectivity index (χ1v) is 6.53. The zero-order valence-corrected chi connectivity index (χ0v) is 11.9. The Morgan fingerprint density at radius 3 is 2.53 bits per heavy atom. The van der Waals surface area contributed by atoms with Crippen LogP contribution in [0.4, 0.5) is 0 Å². The molecule has 0 bridgehead atoms. The van der Waals surface area contributed by atoms with E-state index in [1.165, 1.54) is 12.3 Å². The summed E-state index contributed by atoms with van der Waals surface area (Å²) < 4.78 is 0. The fourth-order valence-electron chi connectivity index (χ4n) is 1.46. The van der Waals surface area contributed by atoms with Gasteiger partial charge in [-0.25, -0.2) is 0 Å². The Kier molecular flexibility index (Phi) is 4.64. The third kappa shape index (κ3) is 3.83. The zero-order chi connectivity index (χ0) is 13.8. The molecule has 6 heteroatoms. The Morgan fingerprint density at radius 2 is 1.84 bits per heavy atom. The zero-order valence-electron chi connectivity index (χ0n) is 9.66. The topological polar surface area (TPSA) is 42.0 Å². The number of hydrogen-bond acceptors (Lipinski definition) is 2. The van der Waals surface area contributed by atoms with Gasteiger partial charge in [0.2, 0.25) is 0 Å². The van der Waals surface area contributed by atoms with Crippen LogP contribution in [0.15, 0.2) is 36.5 Å². The van der Waals surface area contributed by atoms with Crippen molar-refractivity contribution in [2.75, 3.05) is 0 Å². The molecular formula is C13H9Cl3N2O. The minimum absolute atomic E-state index is 0.262. The summed E-state index contributed by atoms with van der Waals surface area (Å²) in [6.45, 7) is 0.295. The van der Waals surface area contributed by atoms with Crippen molar-refractivity contribution in [3.05, 3.63) is 62.9 Å². The predicted molar refractivity (Wildman–Crippen MR) is 76.9 cm³/mol. The van der Waals surface area contributed by atoms with Crippen molar-refractivity contribution >= 4 is 40.7 Å². The molecule has 3 nitrogen and oxygen atoms in total. The summed E-state index contributed by atoms with van der Waals surface area (Å²) in [5, 5.41) is 4.24. The number of amides is 1. The summed E-state index contributed by atoms with van der Waals surface area (Å²) in [7, 11) is 0. The van der Waals surface area contributed by atoms with Crippen molar-refractivity contribution in [3.63, 3.8) is 0 Å². The van der Waals surface area contributed by atoms with Crippen LogP contribution in [0.3, 0.4) is 0 Å². The lowest BCUT2D eigenvalue weighted by atomic mass is 10.2. The van der Waals surface area contributed by atoms with E-state index < -0.39 is 0 Å². The molecule has 2 aromatic rings. The molecule has 0 aliphatic rings. The van der Waals surface area contributed by atoms with Gasteiger partial charge in [0, 0.05) is 27.8 Å². The molecule has 0 aliphatic carbocycles. The number of hydrogen-bond donors (Lipinski definition) is 1. The molecule has 0 aliphatic heterocycles. The van der Waals surface area contributed by atoms with Crippen molar-refractivity contribution in [1.82, 2.24) is 10.3 Å². The van der Waals surface area contributed by atoms with Crippen LogP contribution in [0.1, 0.15) is 16.1 Å². The Hall–Kier alpha value is -1.29. The molecule has 1 amide bonds. The Balaban J connectivity index is 2.04. The highest BCUT2D eigenvalue weighted by molar-refractivity contribution is 6.35. The highest BCUT2D eigenvalue weighted by Gasteiger charge is 2.08. The van der Waals surface area contributed by atoms with Crippen LogP contribution in [0.5, 0.6) is 0 Å². The van der Waals surface area contributed by atoms with Crippen LogP contribution in [-0.4, -0.2) is 10.9 Å². The van der Waals surface area contributed by atoms with E-state index in [4.69, 9.17) is 34.8 Å². The second-order valence-electron chi connectivity index (χ2n) is 3.78. The molecule has 98 valence electrons. The molecule has 0 spiro atoms. The van der Waals surface area contributed by atoms with Gasteiger partial charge >= 0.3 is 0 Å². The number of aromatic nitrogens is 1. The number of rotatable bonds is 3. The Morgan fingerprint density at radius 1 is 1.11 bits per heavy atom. The first-order valence-electron chi connectivity index (χ1n) is 5.40. The summed E-state index contributed by atoms with van der Waals surface area (Å²) >= 11 is 17.6. The third-order valence-electron chi connectivity index (χ3n) is 2.41. The van der Waals surface area contributed by atoms with Crippen LogP contribution in [0.2, 0.25) is 15.1 Å². The van der Waals surface area contributed by atoms with Gasteiger partial charge in [0.15, 0.2) is 0 Å². The maximum Gasteiger partial charge on any atom is 0.270 e. The summed E-state index contributed by atoms with van der Waals surface area (Å²) in [5.41, 5.74) is 1.04. The average molecular weight is 316 g/mol. The fraction of sp³-hybridized carbons (Fsp3) is 0.0769. The van der Waals surface area contributed by atoms with Crippen LogP contribution in [-0.2, 0) is 6.54 Å². The quantitative estimate of drug-likeness (QED) is 0.931. The van der Waals surface area contributed by atoms with Crippen LogP contribution >= 0.6 is 34.8 Å². The minimum Gasteiger partial charge on any atom is -0.347 e. The predicted octanol–water partition coefficient (Wildman–Crippen LogP) is 3.97. The van der Waals surface area contributed by atoms with Crippen LogP contribution in [0, 0.1) is 0 Å². The van der Waals surface area contributed by atoms with E-state index in [1.54, 1.807) is 24.3 Å². The molecular weight excluding hydrogens is 307 g/mol. The van der Waals surface area contributed by atoms with E-state index in [1.807, 2.05) is 0 Å². The van der Waals surface area contributed by atoms with Crippen LogP contribution in [0.25, 0.3) is 0 Å². The number of pyridine rings is 1. The maximum atomic E-state index is 11.8. The van der Waals surface area contributed by atoms with E-state index in [-0.39, 0.29) is 11.6 Å². The standard InChI is InChI=1S/C13H9Cl3N2O/c14-9-2-1-8(11(16)5-9)7-18-13(19)12-6-10(15)3-4-17-12/h1-6H,7H2,(H,18,19). The molecule has 0 radical (unpaired) electrons. The number of nitrogens with zero attached hydrogens (tertiary/aromatic N) is 1. The van der Waals surface area contributed by atoms with Gasteiger partial charge in [0.05, 0.1) is 0 Å². The van der Waals surface area contributed by atoms with Crippen molar-refractivity contribution in [3.8, 4) is 0 Å². The number of halogens is 3. The highest BCUT2D eigenvalue weighted by atomic mass is 35.5. The SMILES string of the molecule is O=C(NCc1ccc(Cl)cc1Cl)c1cc(Cl)ccn1. The number of benzene rings is 1. The number of carbonyl (C=O) groups excluding carboxylic acids is 1. The first kappa shape index (κ1) is 14.1. The molecule has 1 aromatic carbocycles. The largest absolute Gasteiger partial charge is 0.347 e. The van der Waals surface area contributed by atoms with Crippen LogP contribution < -0.4 is 5.32 Å². The third-order valence-corrected chi connectivity index (χ3v) is 3.23. The molecule has 0 atom stereocenters. The molecule has 1 N–H and O–H groups in total. The lowest BCUT2D eigenvalue weighted by molar-refractivity contribution is 0.0946. The fourth-order valence-corrected chi connectivity index (χ4v) is 2.10. The maximum absolute atomic E-state index is 11.8. The van der Waals surface area contributed by atoms with Crippen molar-refractivity contribution in [1.29, 1.82) is 0 Å². The highest BCUT2D eigenvalue weighted by Crippen LogP contribution is 2.20. The van der Waals surface area contributed by atoms with Crippen molar-refractivity contribution in [2.24, 2.45) is 0 Å². The van der Waals surface area contributed by atoms with Gasteiger partial charge in [-0.2, -0.15) is 0 Å². The molecule has 0 saturated carbocycles. The second-order valence-corrected chi connectivity index (χ2v) is 5.06. The summed E-state index contributed by atoms with van der Waals surface area (Å²) in [6, 6.07) is 8.21. The van der Waals surface area contributed by atoms with Gasteiger partial charge in [-0.1, -0.05) is 40.9 Å². The smallest absolute Gasteiger partial charge is 0.270 e. The summed E-state index contributed by atoms with van der Waals surface area (Å²) in [4.78, 5) is 15.8. The molecule has 0 unspecified atom stereocenters. The molecule has 1 aromatic heterocycles. The monoisotopic (exact) mass is 314 g/mol. The molecule has 2 rings (SSSR count). The normalized spacial score (nSPS) is 10.3. The molecule has 1 heterocycles. The van der Waals surface area contributed by atoms with Gasteiger partial charge < -0.3 is 5.32 Å². The van der Waals surface area contributed by atoms with E-state index in [0.29, 0.717) is 21.6 Å². The Labute approximate surface area is 125 Å². The first-order chi connectivity index (χ1) is 9.06. The van der Waals surface area contributed by atoms with E-state index in [0.717, 1.165) is 5.56 Å². The minimum atomic E-state index is -0.312. The van der Waals surface area contributed by atoms with Gasteiger partial charge in [-0.15, -0.1) is 0 Å². The summed E-state index contributed by atoms with van der Waals surface area (Å²) in [6.07, 6.45) is 1.48. The Bertz CT molecular complexity index is 617. The lowest BCUT2D eigenvalue weighted by Crippen LogP contribution is -2.23. The van der Waals surface area contributed by atoms with Crippen molar-refractivity contribution < 1.29 is 4.79 Å². The van der Waals surface area contributed by atoms with Crippen molar-refractivity contribution in [2.45, 2.75) is 6.54 Å². The lowest BCUT2D eigenvalue weighted by Gasteiger charge is -2.07. The van der Waals surface area contributed by atoms with Gasteiger partial charge in [-0.05, 0) is 29.8 Å². The van der Waals surface area contributed by atoms with E-state index in [2.05, 4.69) is 10.3 Å². The molecule has 0 fully saturated rings. The van der Waals surface area contributed by atoms with Gasteiger partial charge in [0.25, 0.3) is 5.91 Å².